The Morgan fingerprint density at radius 3 is 3.05 bits per heavy atom. The SMILES string of the molecule is Cc1c(C(=O)O)sc2ncnc(SCCCC#N)c12. The molecule has 0 fully saturated rings. The summed E-state index contributed by atoms with van der Waals surface area (Å²) in [4.78, 5) is 20.5. The van der Waals surface area contributed by atoms with Gasteiger partial charge >= 0.3 is 5.97 Å². The number of rotatable bonds is 5. The highest BCUT2D eigenvalue weighted by atomic mass is 32.2. The second-order valence-corrected chi connectivity index (χ2v) is 5.91. The van der Waals surface area contributed by atoms with Crippen LogP contribution >= 0.6 is 23.1 Å². The second kappa shape index (κ2) is 5.99. The van der Waals surface area contributed by atoms with Gasteiger partial charge in [-0.2, -0.15) is 5.26 Å². The maximum Gasteiger partial charge on any atom is 0.346 e. The number of nitriles is 1. The summed E-state index contributed by atoms with van der Waals surface area (Å²) >= 11 is 2.71. The van der Waals surface area contributed by atoms with Crippen molar-refractivity contribution < 1.29 is 9.90 Å². The van der Waals surface area contributed by atoms with Crippen molar-refractivity contribution in [3.63, 3.8) is 0 Å². The number of carboxylic acids is 1. The van der Waals surface area contributed by atoms with E-state index in [2.05, 4.69) is 16.0 Å². The number of nitrogens with zero attached hydrogens (tertiary/aromatic N) is 3. The molecule has 0 unspecified atom stereocenters. The third-order valence-corrected chi connectivity index (χ3v) is 4.82. The van der Waals surface area contributed by atoms with Gasteiger partial charge < -0.3 is 5.11 Å². The summed E-state index contributed by atoms with van der Waals surface area (Å²) in [5.41, 5.74) is 0.718. The zero-order valence-electron chi connectivity index (χ0n) is 10.2. The molecule has 0 amide bonds. The molecule has 0 bridgehead atoms. The number of hydrogen-bond donors (Lipinski definition) is 1. The Balaban J connectivity index is 2.34. The van der Waals surface area contributed by atoms with Crippen molar-refractivity contribution in [3.8, 4) is 6.07 Å². The second-order valence-electron chi connectivity index (χ2n) is 3.83. The standard InChI is InChI=1S/C12H11N3O2S2/c1-7-8-10(18-5-3-2-4-13)14-6-15-11(8)19-9(7)12(16)17/h6H,2-3,5H2,1H3,(H,16,17). The summed E-state index contributed by atoms with van der Waals surface area (Å²) in [5.74, 6) is -0.141. The first kappa shape index (κ1) is 13.8. The number of thiophene rings is 1. The van der Waals surface area contributed by atoms with Crippen LogP contribution in [0.1, 0.15) is 28.1 Å². The van der Waals surface area contributed by atoms with Gasteiger partial charge in [-0.15, -0.1) is 23.1 Å². The fourth-order valence-electron chi connectivity index (χ4n) is 1.67. The molecule has 0 aromatic carbocycles. The predicted molar refractivity (Wildman–Crippen MR) is 74.7 cm³/mol. The van der Waals surface area contributed by atoms with Crippen molar-refractivity contribution in [1.29, 1.82) is 5.26 Å². The molecule has 5 nitrogen and oxygen atoms in total. The Bertz CT molecular complexity index is 661. The number of thioether (sulfide) groups is 1. The molecule has 7 heteroatoms. The largest absolute Gasteiger partial charge is 0.477 e. The van der Waals surface area contributed by atoms with Crippen LogP contribution in [0, 0.1) is 18.3 Å². The molecular formula is C12H11N3O2S2. The molecule has 0 radical (unpaired) electrons. The van der Waals surface area contributed by atoms with Crippen molar-refractivity contribution in [3.05, 3.63) is 16.8 Å². The van der Waals surface area contributed by atoms with Gasteiger partial charge in [0, 0.05) is 17.6 Å². The van der Waals surface area contributed by atoms with Crippen molar-refractivity contribution in [2.75, 3.05) is 5.75 Å². The van der Waals surface area contributed by atoms with E-state index in [1.807, 2.05) is 0 Å². The van der Waals surface area contributed by atoms with E-state index in [0.29, 0.717) is 16.1 Å². The minimum atomic E-state index is -0.930. The van der Waals surface area contributed by atoms with Crippen molar-refractivity contribution in [2.24, 2.45) is 0 Å². The van der Waals surface area contributed by atoms with Crippen LogP contribution in [-0.4, -0.2) is 26.8 Å². The van der Waals surface area contributed by atoms with Crippen molar-refractivity contribution in [2.45, 2.75) is 24.8 Å². The first-order chi connectivity index (χ1) is 9.15. The summed E-state index contributed by atoms with van der Waals surface area (Å²) in [7, 11) is 0. The van der Waals surface area contributed by atoms with E-state index in [-0.39, 0.29) is 0 Å². The molecule has 1 N–H and O–H groups in total. The number of fused-ring (bicyclic) bond motifs is 1. The molecular weight excluding hydrogens is 282 g/mol. The molecule has 19 heavy (non-hydrogen) atoms. The number of carbonyl (C=O) groups is 1. The van der Waals surface area contributed by atoms with Crippen LogP contribution in [0.5, 0.6) is 0 Å². The van der Waals surface area contributed by atoms with Crippen LogP contribution in [0.15, 0.2) is 11.4 Å². The molecule has 0 atom stereocenters. The summed E-state index contributed by atoms with van der Waals surface area (Å²) in [6, 6.07) is 2.10. The molecule has 0 saturated carbocycles. The van der Waals surface area contributed by atoms with Gasteiger partial charge in [0.25, 0.3) is 0 Å². The Morgan fingerprint density at radius 1 is 1.58 bits per heavy atom. The number of carboxylic acid groups (broad SMARTS) is 1. The highest BCUT2D eigenvalue weighted by Gasteiger charge is 2.18. The first-order valence-electron chi connectivity index (χ1n) is 5.62. The van der Waals surface area contributed by atoms with Crippen LogP contribution < -0.4 is 0 Å². The number of aryl methyl sites for hydroxylation is 1. The van der Waals surface area contributed by atoms with E-state index in [9.17, 15) is 4.79 Å². The minimum absolute atomic E-state index is 0.314. The Hall–Kier alpha value is -1.65. The lowest BCUT2D eigenvalue weighted by molar-refractivity contribution is 0.0701. The summed E-state index contributed by atoms with van der Waals surface area (Å²) in [6.45, 7) is 1.78. The van der Waals surface area contributed by atoms with Gasteiger partial charge in [0.2, 0.25) is 0 Å². The van der Waals surface area contributed by atoms with Gasteiger partial charge in [-0.25, -0.2) is 14.8 Å². The Morgan fingerprint density at radius 2 is 2.37 bits per heavy atom. The predicted octanol–water partition coefficient (Wildman–Crippen LogP) is 3.09. The highest BCUT2D eigenvalue weighted by molar-refractivity contribution is 7.99. The quantitative estimate of drug-likeness (QED) is 0.518. The van der Waals surface area contributed by atoms with E-state index in [1.54, 1.807) is 18.7 Å². The van der Waals surface area contributed by atoms with E-state index in [0.717, 1.165) is 28.1 Å². The van der Waals surface area contributed by atoms with Gasteiger partial charge in [-0.3, -0.25) is 0 Å². The van der Waals surface area contributed by atoms with Gasteiger partial charge in [0.15, 0.2) is 0 Å². The molecule has 0 aliphatic rings. The minimum Gasteiger partial charge on any atom is -0.477 e. The monoisotopic (exact) mass is 293 g/mol. The number of aromatic carboxylic acids is 1. The summed E-state index contributed by atoms with van der Waals surface area (Å²) < 4.78 is 0. The lowest BCUT2D eigenvalue weighted by Crippen LogP contribution is -1.94. The summed E-state index contributed by atoms with van der Waals surface area (Å²) in [5, 5.41) is 19.2. The van der Waals surface area contributed by atoms with Crippen LogP contribution in [0.25, 0.3) is 10.2 Å². The van der Waals surface area contributed by atoms with Crippen LogP contribution in [-0.2, 0) is 0 Å². The number of hydrogen-bond acceptors (Lipinski definition) is 6. The fourth-order valence-corrected chi connectivity index (χ4v) is 3.72. The zero-order valence-corrected chi connectivity index (χ0v) is 11.8. The maximum atomic E-state index is 11.1. The Labute approximate surface area is 118 Å². The number of aromatic nitrogens is 2. The van der Waals surface area contributed by atoms with E-state index in [4.69, 9.17) is 10.4 Å². The third-order valence-electron chi connectivity index (χ3n) is 2.56. The van der Waals surface area contributed by atoms with E-state index < -0.39 is 5.97 Å². The lowest BCUT2D eigenvalue weighted by atomic mass is 10.2. The van der Waals surface area contributed by atoms with Gasteiger partial charge in [0.05, 0.1) is 6.07 Å². The lowest BCUT2D eigenvalue weighted by Gasteiger charge is -2.01. The highest BCUT2D eigenvalue weighted by Crippen LogP contribution is 2.35. The van der Waals surface area contributed by atoms with Gasteiger partial charge in [-0.05, 0) is 18.9 Å². The fraction of sp³-hybridized carbons (Fsp3) is 0.333. The molecule has 2 heterocycles. The third kappa shape index (κ3) is 2.85. The van der Waals surface area contributed by atoms with Gasteiger partial charge in [-0.1, -0.05) is 0 Å². The molecule has 2 aromatic heterocycles. The smallest absolute Gasteiger partial charge is 0.346 e. The first-order valence-corrected chi connectivity index (χ1v) is 7.42. The molecule has 98 valence electrons. The molecule has 0 saturated heterocycles. The number of unbranched alkanes of at least 4 members (excludes halogenated alkanes) is 1. The van der Waals surface area contributed by atoms with E-state index in [1.165, 1.54) is 17.7 Å². The van der Waals surface area contributed by atoms with Crippen LogP contribution in [0.4, 0.5) is 0 Å². The van der Waals surface area contributed by atoms with Crippen LogP contribution in [0.2, 0.25) is 0 Å². The van der Waals surface area contributed by atoms with Crippen molar-refractivity contribution >= 4 is 39.3 Å². The maximum absolute atomic E-state index is 11.1. The topological polar surface area (TPSA) is 86.9 Å². The molecule has 2 aromatic rings. The molecule has 0 spiro atoms. The average Bonchev–Trinajstić information content (AvgIpc) is 2.73. The van der Waals surface area contributed by atoms with Crippen molar-refractivity contribution in [1.82, 2.24) is 9.97 Å². The van der Waals surface area contributed by atoms with E-state index >= 15 is 0 Å². The zero-order chi connectivity index (χ0) is 13.8. The average molecular weight is 293 g/mol. The van der Waals surface area contributed by atoms with Gasteiger partial charge in [0.1, 0.15) is 21.1 Å². The normalized spacial score (nSPS) is 10.5. The summed E-state index contributed by atoms with van der Waals surface area (Å²) in [6.07, 6.45) is 2.77. The Kier molecular flexibility index (Phi) is 4.35. The molecule has 0 aliphatic heterocycles. The molecule has 2 rings (SSSR count). The molecule has 0 aliphatic carbocycles. The van der Waals surface area contributed by atoms with Crippen LogP contribution in [0.3, 0.4) is 0 Å².